The third-order valence-corrected chi connectivity index (χ3v) is 3.99. The first-order valence-corrected chi connectivity index (χ1v) is 6.47. The van der Waals surface area contributed by atoms with Gasteiger partial charge < -0.3 is 5.11 Å². The molecule has 2 heteroatoms. The fourth-order valence-corrected chi connectivity index (χ4v) is 2.86. The molecule has 0 radical (unpaired) electrons. The van der Waals surface area contributed by atoms with E-state index in [2.05, 4.69) is 40.2 Å². The molecule has 82 valence electrons. The Morgan fingerprint density at radius 1 is 1.20 bits per heavy atom. The Balaban J connectivity index is 2.14. The fourth-order valence-electron chi connectivity index (χ4n) is 2.60. The minimum atomic E-state index is 0.284. The smallest absolute Gasteiger partial charge is 0.0502 e. The van der Waals surface area contributed by atoms with E-state index >= 15 is 0 Å². The predicted molar refractivity (Wildman–Crippen MR) is 65.9 cm³/mol. The van der Waals surface area contributed by atoms with Crippen molar-refractivity contribution in [1.29, 1.82) is 0 Å². The van der Waals surface area contributed by atoms with Gasteiger partial charge in [-0.15, -0.1) is 0 Å². The van der Waals surface area contributed by atoms with Gasteiger partial charge in [-0.3, -0.25) is 0 Å². The van der Waals surface area contributed by atoms with Crippen molar-refractivity contribution in [2.24, 2.45) is 5.92 Å². The van der Waals surface area contributed by atoms with Crippen LogP contribution in [0.5, 0.6) is 0 Å². The number of halogens is 1. The number of rotatable bonds is 3. The average Bonchev–Trinajstić information content (AvgIpc) is 2.75. The lowest BCUT2D eigenvalue weighted by Gasteiger charge is -2.21. The minimum Gasteiger partial charge on any atom is -0.396 e. The van der Waals surface area contributed by atoms with Crippen molar-refractivity contribution in [3.05, 3.63) is 34.3 Å². The average molecular weight is 269 g/mol. The summed E-state index contributed by atoms with van der Waals surface area (Å²) in [6.07, 6.45) is 5.22. The van der Waals surface area contributed by atoms with Crippen LogP contribution in [0.25, 0.3) is 0 Å². The molecule has 0 aliphatic heterocycles. The Bertz CT molecular complexity index is 301. The lowest BCUT2D eigenvalue weighted by atomic mass is 9.85. The summed E-state index contributed by atoms with van der Waals surface area (Å²) in [6.45, 7) is 0.284. The summed E-state index contributed by atoms with van der Waals surface area (Å²) >= 11 is 3.44. The van der Waals surface area contributed by atoms with Gasteiger partial charge in [0.25, 0.3) is 0 Å². The zero-order valence-corrected chi connectivity index (χ0v) is 10.4. The maximum Gasteiger partial charge on any atom is 0.0502 e. The van der Waals surface area contributed by atoms with Gasteiger partial charge in [0.05, 0.1) is 6.61 Å². The molecule has 15 heavy (non-hydrogen) atoms. The first-order chi connectivity index (χ1) is 7.31. The van der Waals surface area contributed by atoms with E-state index in [1.165, 1.54) is 31.2 Å². The van der Waals surface area contributed by atoms with Crippen LogP contribution in [0.4, 0.5) is 0 Å². The van der Waals surface area contributed by atoms with Crippen LogP contribution in [-0.4, -0.2) is 11.7 Å². The minimum absolute atomic E-state index is 0.284. The van der Waals surface area contributed by atoms with Gasteiger partial charge in [0.15, 0.2) is 0 Å². The third-order valence-electron chi connectivity index (χ3n) is 3.46. The molecule has 0 aromatic heterocycles. The van der Waals surface area contributed by atoms with Crippen molar-refractivity contribution in [2.45, 2.75) is 31.6 Å². The normalized spacial score (nSPS) is 19.3. The van der Waals surface area contributed by atoms with Crippen LogP contribution in [-0.2, 0) is 0 Å². The first kappa shape index (κ1) is 11.2. The molecule has 1 aliphatic rings. The number of aliphatic hydroxyl groups excluding tert-OH is 1. The van der Waals surface area contributed by atoms with Crippen LogP contribution < -0.4 is 0 Å². The summed E-state index contributed by atoms with van der Waals surface area (Å²) in [5.74, 6) is 1.04. The molecule has 1 saturated carbocycles. The van der Waals surface area contributed by atoms with Crippen LogP contribution in [0.15, 0.2) is 28.7 Å². The summed E-state index contributed by atoms with van der Waals surface area (Å²) in [6, 6.07) is 8.38. The molecule has 1 atom stereocenters. The molecule has 1 nitrogen and oxygen atoms in total. The topological polar surface area (TPSA) is 20.2 Å². The Labute approximate surface area is 99.6 Å². The Morgan fingerprint density at radius 2 is 1.80 bits per heavy atom. The van der Waals surface area contributed by atoms with Gasteiger partial charge >= 0.3 is 0 Å². The number of hydrogen-bond acceptors (Lipinski definition) is 1. The highest BCUT2D eigenvalue weighted by atomic mass is 79.9. The second kappa shape index (κ2) is 5.13. The number of aliphatic hydroxyl groups is 1. The fraction of sp³-hybridized carbons (Fsp3) is 0.538. The summed E-state index contributed by atoms with van der Waals surface area (Å²) in [4.78, 5) is 0. The molecule has 0 unspecified atom stereocenters. The largest absolute Gasteiger partial charge is 0.396 e. The van der Waals surface area contributed by atoms with Crippen LogP contribution in [0.1, 0.15) is 37.2 Å². The molecule has 1 fully saturated rings. The van der Waals surface area contributed by atoms with E-state index in [0.29, 0.717) is 11.8 Å². The lowest BCUT2D eigenvalue weighted by molar-refractivity contribution is 0.226. The monoisotopic (exact) mass is 268 g/mol. The maximum atomic E-state index is 9.50. The first-order valence-electron chi connectivity index (χ1n) is 5.67. The van der Waals surface area contributed by atoms with Crippen molar-refractivity contribution in [3.8, 4) is 0 Å². The number of benzene rings is 1. The third kappa shape index (κ3) is 2.61. The van der Waals surface area contributed by atoms with Crippen molar-refractivity contribution >= 4 is 15.9 Å². The standard InChI is InChI=1S/C13H17BrO/c14-12-7-5-11(6-8-12)13(9-15)10-3-1-2-4-10/h5-8,10,13,15H,1-4,9H2/t13-/m0/s1. The maximum absolute atomic E-state index is 9.50. The van der Waals surface area contributed by atoms with E-state index in [-0.39, 0.29) is 6.61 Å². The van der Waals surface area contributed by atoms with E-state index < -0.39 is 0 Å². The summed E-state index contributed by atoms with van der Waals surface area (Å²) in [5, 5.41) is 9.50. The van der Waals surface area contributed by atoms with Crippen molar-refractivity contribution in [2.75, 3.05) is 6.61 Å². The highest BCUT2D eigenvalue weighted by Crippen LogP contribution is 2.37. The summed E-state index contributed by atoms with van der Waals surface area (Å²) < 4.78 is 1.11. The molecule has 1 aliphatic carbocycles. The Kier molecular flexibility index (Phi) is 3.81. The lowest BCUT2D eigenvalue weighted by Crippen LogP contribution is -2.13. The molecule has 1 aromatic rings. The van der Waals surface area contributed by atoms with Gasteiger partial charge in [0.2, 0.25) is 0 Å². The van der Waals surface area contributed by atoms with Gasteiger partial charge in [0.1, 0.15) is 0 Å². The van der Waals surface area contributed by atoms with Crippen LogP contribution in [0.3, 0.4) is 0 Å². The predicted octanol–water partition coefficient (Wildman–Crippen LogP) is 3.72. The quantitative estimate of drug-likeness (QED) is 0.886. The van der Waals surface area contributed by atoms with Gasteiger partial charge in [-0.2, -0.15) is 0 Å². The van der Waals surface area contributed by atoms with E-state index in [1.807, 2.05) is 0 Å². The van der Waals surface area contributed by atoms with Crippen molar-refractivity contribution in [3.63, 3.8) is 0 Å². The van der Waals surface area contributed by atoms with E-state index in [9.17, 15) is 5.11 Å². The Hall–Kier alpha value is -0.340. The molecule has 1 N–H and O–H groups in total. The van der Waals surface area contributed by atoms with Gasteiger partial charge in [0, 0.05) is 10.4 Å². The molecule has 0 amide bonds. The molecular formula is C13H17BrO. The highest BCUT2D eigenvalue weighted by Gasteiger charge is 2.25. The van der Waals surface area contributed by atoms with Crippen LogP contribution in [0.2, 0.25) is 0 Å². The zero-order chi connectivity index (χ0) is 10.7. The molecule has 0 spiro atoms. The second-order valence-corrected chi connectivity index (χ2v) is 5.30. The van der Waals surface area contributed by atoms with E-state index in [1.54, 1.807) is 0 Å². The summed E-state index contributed by atoms with van der Waals surface area (Å²) in [5.41, 5.74) is 1.28. The number of hydrogen-bond donors (Lipinski definition) is 1. The van der Waals surface area contributed by atoms with Crippen molar-refractivity contribution in [1.82, 2.24) is 0 Å². The highest BCUT2D eigenvalue weighted by molar-refractivity contribution is 9.10. The molecule has 0 saturated heterocycles. The Morgan fingerprint density at radius 3 is 2.33 bits per heavy atom. The SMILES string of the molecule is OC[C@H](c1ccc(Br)cc1)C1CCCC1. The van der Waals surface area contributed by atoms with Gasteiger partial charge in [-0.25, -0.2) is 0 Å². The van der Waals surface area contributed by atoms with Gasteiger partial charge in [-0.1, -0.05) is 40.9 Å². The summed E-state index contributed by atoms with van der Waals surface area (Å²) in [7, 11) is 0. The second-order valence-electron chi connectivity index (χ2n) is 4.39. The molecule has 0 heterocycles. The van der Waals surface area contributed by atoms with Crippen LogP contribution in [0, 0.1) is 5.92 Å². The molecular weight excluding hydrogens is 252 g/mol. The van der Waals surface area contributed by atoms with E-state index in [0.717, 1.165) is 4.47 Å². The molecule has 0 bridgehead atoms. The van der Waals surface area contributed by atoms with E-state index in [4.69, 9.17) is 0 Å². The van der Waals surface area contributed by atoms with Gasteiger partial charge in [-0.05, 0) is 36.5 Å². The molecule has 2 rings (SSSR count). The molecule has 1 aromatic carbocycles. The van der Waals surface area contributed by atoms with Crippen LogP contribution >= 0.6 is 15.9 Å². The van der Waals surface area contributed by atoms with Crippen molar-refractivity contribution < 1.29 is 5.11 Å². The zero-order valence-electron chi connectivity index (χ0n) is 8.82.